The molecule has 3 rings (SSSR count). The number of benzene rings is 1. The van der Waals surface area contributed by atoms with Crippen molar-refractivity contribution >= 4 is 17.5 Å². The van der Waals surface area contributed by atoms with Gasteiger partial charge in [0.05, 0.1) is 7.05 Å². The fourth-order valence-corrected chi connectivity index (χ4v) is 2.67. The van der Waals surface area contributed by atoms with Crippen LogP contribution in [-0.4, -0.2) is 41.0 Å². The maximum atomic E-state index is 12.7. The lowest BCUT2D eigenvalue weighted by Gasteiger charge is -2.13. The van der Waals surface area contributed by atoms with E-state index in [2.05, 4.69) is 0 Å². The van der Waals surface area contributed by atoms with E-state index >= 15 is 0 Å². The molecule has 0 N–H and O–H groups in total. The first-order valence-electron chi connectivity index (χ1n) is 6.89. The highest BCUT2D eigenvalue weighted by atomic mass is 79.9. The Kier molecular flexibility index (Phi) is 4.51. The van der Waals surface area contributed by atoms with Gasteiger partial charge in [0.1, 0.15) is 0 Å². The molecule has 0 radical (unpaired) electrons. The highest BCUT2D eigenvalue weighted by molar-refractivity contribution is 6.26. The summed E-state index contributed by atoms with van der Waals surface area (Å²) in [5.74, 6) is -0.557. The minimum Gasteiger partial charge on any atom is -1.00 e. The molecule has 0 saturated heterocycles. The fourth-order valence-electron chi connectivity index (χ4n) is 2.67. The van der Waals surface area contributed by atoms with E-state index in [0.717, 1.165) is 0 Å². The van der Waals surface area contributed by atoms with Gasteiger partial charge in [-0.15, -0.1) is 0 Å². The number of nitrogens with zero attached hydrogens (tertiary/aromatic N) is 3. The number of aryl methyl sites for hydroxylation is 1. The number of fused-ring (bicyclic) bond motifs is 2. The quantitative estimate of drug-likeness (QED) is 0.452. The van der Waals surface area contributed by atoms with Crippen molar-refractivity contribution in [2.24, 2.45) is 7.05 Å². The summed E-state index contributed by atoms with van der Waals surface area (Å²) in [4.78, 5) is 38.7. The first-order chi connectivity index (χ1) is 10.4. The summed E-state index contributed by atoms with van der Waals surface area (Å²) in [6.07, 6.45) is 1.62. The summed E-state index contributed by atoms with van der Waals surface area (Å²) < 4.78 is 3.16. The van der Waals surface area contributed by atoms with Crippen molar-refractivity contribution in [3.63, 3.8) is 0 Å². The highest BCUT2D eigenvalue weighted by Gasteiger charge is 2.40. The first-order valence-corrected chi connectivity index (χ1v) is 6.89. The molecule has 1 aliphatic rings. The maximum absolute atomic E-state index is 12.7. The van der Waals surface area contributed by atoms with Gasteiger partial charge in [-0.2, -0.15) is 0 Å². The van der Waals surface area contributed by atoms with Gasteiger partial charge < -0.3 is 21.9 Å². The van der Waals surface area contributed by atoms with Crippen LogP contribution in [0.15, 0.2) is 30.6 Å². The largest absolute Gasteiger partial charge is 1.00 e. The molecule has 0 unspecified atom stereocenters. The molecule has 1 aromatic heterocycles. The molecule has 0 fully saturated rings. The molecule has 0 aliphatic heterocycles. The molecule has 7 heteroatoms. The summed E-state index contributed by atoms with van der Waals surface area (Å²) in [7, 11) is 5.01. The van der Waals surface area contributed by atoms with Crippen LogP contribution < -0.4 is 21.5 Å². The molecule has 0 saturated carbocycles. The molecule has 0 bridgehead atoms. The van der Waals surface area contributed by atoms with Crippen LogP contribution in [-0.2, 0) is 18.4 Å². The average molecular weight is 378 g/mol. The maximum Gasteiger partial charge on any atom is 0.264 e. The van der Waals surface area contributed by atoms with Gasteiger partial charge in [-0.25, -0.2) is 9.13 Å². The summed E-state index contributed by atoms with van der Waals surface area (Å²) in [6, 6.07) is 6.76. The number of hydrogen-bond donors (Lipinski definition) is 0. The molecule has 0 spiro atoms. The van der Waals surface area contributed by atoms with Crippen LogP contribution in [0.3, 0.4) is 0 Å². The second-order valence-corrected chi connectivity index (χ2v) is 5.54. The minimum atomic E-state index is -0.225. The number of carbonyl (C=O) groups is 3. The molecule has 23 heavy (non-hydrogen) atoms. The number of ketones is 2. The van der Waals surface area contributed by atoms with Crippen molar-refractivity contribution in [3.8, 4) is 0 Å². The zero-order valence-electron chi connectivity index (χ0n) is 13.0. The summed E-state index contributed by atoms with van der Waals surface area (Å²) in [6.45, 7) is 0.0252. The Labute approximate surface area is 144 Å². The Hall–Kier alpha value is -2.28. The zero-order chi connectivity index (χ0) is 16.0. The Morgan fingerprint density at radius 3 is 2.26 bits per heavy atom. The van der Waals surface area contributed by atoms with Gasteiger partial charge >= 0.3 is 0 Å². The van der Waals surface area contributed by atoms with Crippen molar-refractivity contribution < 1.29 is 35.9 Å². The minimum absolute atomic E-state index is 0. The molecule has 2 aromatic rings. The third kappa shape index (κ3) is 2.61. The summed E-state index contributed by atoms with van der Waals surface area (Å²) in [5, 5.41) is 0. The van der Waals surface area contributed by atoms with Gasteiger partial charge in [0, 0.05) is 25.2 Å². The number of carbonyl (C=O) groups excluding carboxylic acids is 3. The van der Waals surface area contributed by atoms with Crippen LogP contribution >= 0.6 is 0 Å². The number of likely N-dealkylation sites (N-methyl/N-ethyl adjacent to an activating group) is 1. The lowest BCUT2D eigenvalue weighted by atomic mass is 9.90. The Morgan fingerprint density at radius 2 is 1.70 bits per heavy atom. The lowest BCUT2D eigenvalue weighted by Crippen LogP contribution is -3.00. The van der Waals surface area contributed by atoms with Gasteiger partial charge in [-0.3, -0.25) is 14.4 Å². The SMILES string of the molecule is CN(C)C(=O)Cn1c[n+](C)c2c1C(=O)c1ccccc1C2=O.[Br-]. The highest BCUT2D eigenvalue weighted by Crippen LogP contribution is 2.25. The van der Waals surface area contributed by atoms with E-state index in [1.807, 2.05) is 0 Å². The van der Waals surface area contributed by atoms with Crippen LogP contribution in [0.25, 0.3) is 0 Å². The van der Waals surface area contributed by atoms with E-state index in [0.29, 0.717) is 16.8 Å². The van der Waals surface area contributed by atoms with Crippen LogP contribution in [0, 0.1) is 0 Å². The molecule has 1 aliphatic carbocycles. The number of imidazole rings is 1. The van der Waals surface area contributed by atoms with Gasteiger partial charge in [-0.1, -0.05) is 24.3 Å². The molecule has 1 aromatic carbocycles. The topological polar surface area (TPSA) is 63.3 Å². The van der Waals surface area contributed by atoms with E-state index in [1.165, 1.54) is 4.90 Å². The van der Waals surface area contributed by atoms with E-state index in [4.69, 9.17) is 0 Å². The predicted octanol–water partition coefficient (Wildman–Crippen LogP) is -2.82. The predicted molar refractivity (Wildman–Crippen MR) is 77.6 cm³/mol. The molecule has 1 heterocycles. The van der Waals surface area contributed by atoms with E-state index in [1.54, 1.807) is 60.9 Å². The fraction of sp³-hybridized carbons (Fsp3) is 0.250. The summed E-state index contributed by atoms with van der Waals surface area (Å²) in [5.41, 5.74) is 1.40. The number of halogens is 1. The second-order valence-electron chi connectivity index (χ2n) is 5.54. The van der Waals surface area contributed by atoms with Gasteiger partial charge in [-0.05, 0) is 0 Å². The second kappa shape index (κ2) is 6.08. The molecule has 1 amide bonds. The van der Waals surface area contributed by atoms with Crippen LogP contribution in [0.5, 0.6) is 0 Å². The molecule has 120 valence electrons. The standard InChI is InChI=1S/C16H16N3O3.BrH/c1-17(2)12(20)8-19-9-18(3)13-14(19)16(22)11-7-5-4-6-10(11)15(13)21;/h4-7,9H,8H2,1-3H3;1H/q+1;/p-1. The van der Waals surface area contributed by atoms with Crippen molar-refractivity contribution in [2.45, 2.75) is 6.54 Å². The smallest absolute Gasteiger partial charge is 0.264 e. The Morgan fingerprint density at radius 1 is 1.13 bits per heavy atom. The molecule has 6 nitrogen and oxygen atoms in total. The van der Waals surface area contributed by atoms with Crippen LogP contribution in [0.2, 0.25) is 0 Å². The van der Waals surface area contributed by atoms with E-state index in [9.17, 15) is 14.4 Å². The monoisotopic (exact) mass is 377 g/mol. The third-order valence-electron chi connectivity index (χ3n) is 3.83. The lowest BCUT2D eigenvalue weighted by molar-refractivity contribution is -0.672. The normalized spacial score (nSPS) is 12.3. The number of rotatable bonds is 2. The number of hydrogen-bond acceptors (Lipinski definition) is 3. The van der Waals surface area contributed by atoms with E-state index in [-0.39, 0.29) is 46.7 Å². The van der Waals surface area contributed by atoms with Crippen molar-refractivity contribution in [1.82, 2.24) is 9.47 Å². The van der Waals surface area contributed by atoms with Crippen molar-refractivity contribution in [2.75, 3.05) is 14.1 Å². The zero-order valence-corrected chi connectivity index (χ0v) is 14.6. The average Bonchev–Trinajstić information content (AvgIpc) is 2.81. The molecular formula is C16H16BrN3O3. The molecular weight excluding hydrogens is 362 g/mol. The van der Waals surface area contributed by atoms with Crippen LogP contribution in [0.4, 0.5) is 0 Å². The first kappa shape index (κ1) is 17.1. The summed E-state index contributed by atoms with van der Waals surface area (Å²) >= 11 is 0. The van der Waals surface area contributed by atoms with Gasteiger partial charge in [0.25, 0.3) is 5.91 Å². The number of aromatic nitrogens is 2. The van der Waals surface area contributed by atoms with E-state index < -0.39 is 0 Å². The van der Waals surface area contributed by atoms with Crippen molar-refractivity contribution in [3.05, 3.63) is 53.1 Å². The van der Waals surface area contributed by atoms with Crippen molar-refractivity contribution in [1.29, 1.82) is 0 Å². The van der Waals surface area contributed by atoms with Gasteiger partial charge in [0.15, 0.2) is 6.54 Å². The Balaban J connectivity index is 0.00000192. The van der Waals surface area contributed by atoms with Gasteiger partial charge in [0.2, 0.25) is 29.3 Å². The van der Waals surface area contributed by atoms with Crippen LogP contribution in [0.1, 0.15) is 32.1 Å². The third-order valence-corrected chi connectivity index (χ3v) is 3.83. The molecule has 0 atom stereocenters. The number of amides is 1. The Bertz CT molecular complexity index is 824.